The van der Waals surface area contributed by atoms with Gasteiger partial charge < -0.3 is 9.64 Å². The number of hydrogen-bond donors (Lipinski definition) is 0. The van der Waals surface area contributed by atoms with Crippen LogP contribution in [0.5, 0.6) is 0 Å². The lowest BCUT2D eigenvalue weighted by Crippen LogP contribution is -2.43. The van der Waals surface area contributed by atoms with Crippen LogP contribution >= 0.6 is 11.3 Å². The summed E-state index contributed by atoms with van der Waals surface area (Å²) < 4.78 is 5.44. The first-order valence-electron chi connectivity index (χ1n) is 7.81. The van der Waals surface area contributed by atoms with Crippen molar-refractivity contribution in [2.24, 2.45) is 0 Å². The molecule has 1 aliphatic carbocycles. The predicted octanol–water partition coefficient (Wildman–Crippen LogP) is 4.07. The smallest absolute Gasteiger partial charge is 0.410 e. The minimum Gasteiger partial charge on any atom is -0.444 e. The maximum atomic E-state index is 12.2. The monoisotopic (exact) mass is 323 g/mol. The molecule has 0 saturated carbocycles. The molecule has 1 heterocycles. The number of nitrogens with zero attached hydrogens (tertiary/aromatic N) is 1. The Morgan fingerprint density at radius 3 is 2.68 bits per heavy atom. The zero-order chi connectivity index (χ0) is 16.5. The van der Waals surface area contributed by atoms with E-state index in [2.05, 4.69) is 5.38 Å². The van der Waals surface area contributed by atoms with Crippen molar-refractivity contribution in [3.8, 4) is 0 Å². The normalized spacial score (nSPS) is 17.8. The second-order valence-corrected chi connectivity index (χ2v) is 7.71. The van der Waals surface area contributed by atoms with Crippen molar-refractivity contribution in [2.45, 2.75) is 65.0 Å². The van der Waals surface area contributed by atoms with Crippen molar-refractivity contribution >= 4 is 23.2 Å². The third-order valence-corrected chi connectivity index (χ3v) is 5.08. The van der Waals surface area contributed by atoms with Crippen LogP contribution in [0.1, 0.15) is 61.3 Å². The molecule has 1 amide bonds. The Morgan fingerprint density at radius 2 is 2.09 bits per heavy atom. The third kappa shape index (κ3) is 3.69. The lowest BCUT2D eigenvalue weighted by molar-refractivity contribution is 0.0210. The van der Waals surface area contributed by atoms with Crippen LogP contribution in [0, 0.1) is 0 Å². The average Bonchev–Trinajstić information content (AvgIpc) is 2.86. The van der Waals surface area contributed by atoms with E-state index in [0.29, 0.717) is 6.42 Å². The van der Waals surface area contributed by atoms with E-state index in [4.69, 9.17) is 4.74 Å². The van der Waals surface area contributed by atoms with Crippen LogP contribution in [0.4, 0.5) is 4.79 Å². The van der Waals surface area contributed by atoms with Crippen molar-refractivity contribution < 1.29 is 14.3 Å². The number of fused-ring (bicyclic) bond motifs is 1. The summed E-state index contributed by atoms with van der Waals surface area (Å²) in [6, 6.07) is 0.140. The number of hydrogen-bond acceptors (Lipinski definition) is 4. The van der Waals surface area contributed by atoms with E-state index >= 15 is 0 Å². The van der Waals surface area contributed by atoms with Gasteiger partial charge in [-0.15, -0.1) is 11.3 Å². The molecule has 0 spiro atoms. The molecule has 4 nitrogen and oxygen atoms in total. The summed E-state index contributed by atoms with van der Waals surface area (Å²) >= 11 is 1.55. The fourth-order valence-corrected chi connectivity index (χ4v) is 3.89. The van der Waals surface area contributed by atoms with Gasteiger partial charge in [-0.1, -0.05) is 6.92 Å². The average molecular weight is 323 g/mol. The highest BCUT2D eigenvalue weighted by Gasteiger charge is 2.30. The highest BCUT2D eigenvalue weighted by atomic mass is 32.1. The van der Waals surface area contributed by atoms with E-state index in [9.17, 15) is 9.59 Å². The van der Waals surface area contributed by atoms with Crippen LogP contribution < -0.4 is 0 Å². The first kappa shape index (κ1) is 17.0. The summed E-state index contributed by atoms with van der Waals surface area (Å²) in [5.41, 5.74) is 1.94. The molecular weight excluding hydrogens is 298 g/mol. The van der Waals surface area contributed by atoms with Gasteiger partial charge in [0.1, 0.15) is 5.60 Å². The van der Waals surface area contributed by atoms with Gasteiger partial charge in [0.05, 0.1) is 4.88 Å². The molecule has 0 fully saturated rings. The maximum Gasteiger partial charge on any atom is 0.410 e. The van der Waals surface area contributed by atoms with Gasteiger partial charge in [-0.3, -0.25) is 4.79 Å². The number of carbonyl (C=O) groups is 2. The summed E-state index contributed by atoms with van der Waals surface area (Å²) in [5.74, 6) is 0.227. The van der Waals surface area contributed by atoms with E-state index in [-0.39, 0.29) is 17.9 Å². The Balaban J connectivity index is 2.08. The number of ether oxygens (including phenoxy) is 1. The molecule has 1 unspecified atom stereocenters. The van der Waals surface area contributed by atoms with Crippen molar-refractivity contribution in [3.05, 3.63) is 21.4 Å². The van der Waals surface area contributed by atoms with Crippen molar-refractivity contribution in [1.29, 1.82) is 0 Å². The van der Waals surface area contributed by atoms with Gasteiger partial charge in [0.2, 0.25) is 0 Å². The molecule has 1 aromatic heterocycles. The molecular formula is C17H25NO3S. The van der Waals surface area contributed by atoms with Crippen LogP contribution in [0.3, 0.4) is 0 Å². The Kier molecular flexibility index (Phi) is 4.95. The van der Waals surface area contributed by atoms with Crippen molar-refractivity contribution in [3.63, 3.8) is 0 Å². The Bertz CT molecular complexity index is 571. The van der Waals surface area contributed by atoms with Gasteiger partial charge in [0.15, 0.2) is 5.78 Å². The maximum absolute atomic E-state index is 12.2. The summed E-state index contributed by atoms with van der Waals surface area (Å²) in [4.78, 5) is 26.7. The molecule has 2 rings (SSSR count). The standard InChI is InChI=1S/C17H25NO3S/c1-6-14(19)15-13-8-7-12(9-11(13)10-22-15)18(5)16(20)21-17(2,3)4/h10,12H,6-9H2,1-5H3. The molecule has 0 N–H and O–H groups in total. The number of thiophene rings is 1. The number of rotatable bonds is 3. The highest BCUT2D eigenvalue weighted by molar-refractivity contribution is 7.12. The zero-order valence-electron chi connectivity index (χ0n) is 14.1. The first-order chi connectivity index (χ1) is 10.2. The summed E-state index contributed by atoms with van der Waals surface area (Å²) in [5, 5.41) is 2.08. The number of amides is 1. The molecule has 1 aromatic rings. The largest absolute Gasteiger partial charge is 0.444 e. The number of likely N-dealkylation sites (N-methyl/N-ethyl adjacent to an activating group) is 1. The molecule has 1 aliphatic rings. The van der Waals surface area contributed by atoms with Crippen LogP contribution in [-0.4, -0.2) is 35.5 Å². The third-order valence-electron chi connectivity index (χ3n) is 3.97. The Labute approximate surface area is 136 Å². The molecule has 122 valence electrons. The fourth-order valence-electron chi connectivity index (χ4n) is 2.74. The topological polar surface area (TPSA) is 46.6 Å². The number of ketones is 1. The number of carbonyl (C=O) groups excluding carboxylic acids is 2. The van der Waals surface area contributed by atoms with E-state index in [1.165, 1.54) is 11.1 Å². The number of Topliss-reactive ketones (excluding diaryl/α,β-unsaturated/α-hetero) is 1. The summed E-state index contributed by atoms with van der Waals surface area (Å²) in [6.07, 6.45) is 2.81. The molecule has 0 bridgehead atoms. The van der Waals surface area contributed by atoms with Gasteiger partial charge in [-0.2, -0.15) is 0 Å². The van der Waals surface area contributed by atoms with Gasteiger partial charge in [-0.05, 0) is 56.5 Å². The van der Waals surface area contributed by atoms with E-state index in [1.807, 2.05) is 27.7 Å². The minimum absolute atomic E-state index is 0.140. The van der Waals surface area contributed by atoms with E-state index < -0.39 is 5.60 Å². The van der Waals surface area contributed by atoms with Crippen LogP contribution in [-0.2, 0) is 17.6 Å². The zero-order valence-corrected chi connectivity index (χ0v) is 14.9. The highest BCUT2D eigenvalue weighted by Crippen LogP contribution is 2.32. The fraction of sp³-hybridized carbons (Fsp3) is 0.647. The van der Waals surface area contributed by atoms with E-state index in [0.717, 1.165) is 24.1 Å². The van der Waals surface area contributed by atoms with Gasteiger partial charge in [0, 0.05) is 19.5 Å². The molecule has 1 atom stereocenters. The molecule has 0 saturated heterocycles. The van der Waals surface area contributed by atoms with Crippen molar-refractivity contribution in [1.82, 2.24) is 4.90 Å². The molecule has 5 heteroatoms. The van der Waals surface area contributed by atoms with E-state index in [1.54, 1.807) is 23.3 Å². The molecule has 22 heavy (non-hydrogen) atoms. The van der Waals surface area contributed by atoms with Gasteiger partial charge in [0.25, 0.3) is 0 Å². The summed E-state index contributed by atoms with van der Waals surface area (Å²) in [6.45, 7) is 7.52. The van der Waals surface area contributed by atoms with Gasteiger partial charge >= 0.3 is 6.09 Å². The molecule has 0 aromatic carbocycles. The van der Waals surface area contributed by atoms with Gasteiger partial charge in [-0.25, -0.2) is 4.79 Å². The lowest BCUT2D eigenvalue weighted by atomic mass is 9.88. The Morgan fingerprint density at radius 1 is 1.41 bits per heavy atom. The van der Waals surface area contributed by atoms with Crippen LogP contribution in [0.2, 0.25) is 0 Å². The van der Waals surface area contributed by atoms with Crippen molar-refractivity contribution in [2.75, 3.05) is 7.05 Å². The predicted molar refractivity (Wildman–Crippen MR) is 88.8 cm³/mol. The molecule has 0 radical (unpaired) electrons. The molecule has 0 aliphatic heterocycles. The first-order valence-corrected chi connectivity index (χ1v) is 8.69. The second-order valence-electron chi connectivity index (χ2n) is 6.83. The minimum atomic E-state index is -0.478. The summed E-state index contributed by atoms with van der Waals surface area (Å²) in [7, 11) is 1.80. The second kappa shape index (κ2) is 6.41. The SMILES string of the molecule is CCC(=O)c1scc2c1CCC(N(C)C(=O)OC(C)(C)C)C2. The van der Waals surface area contributed by atoms with Crippen LogP contribution in [0.15, 0.2) is 5.38 Å². The Hall–Kier alpha value is -1.36. The van der Waals surface area contributed by atoms with Crippen LogP contribution in [0.25, 0.3) is 0 Å². The lowest BCUT2D eigenvalue weighted by Gasteiger charge is -2.33. The quantitative estimate of drug-likeness (QED) is 0.788.